The van der Waals surface area contributed by atoms with Crippen LogP contribution >= 0.6 is 0 Å². The summed E-state index contributed by atoms with van der Waals surface area (Å²) in [5.74, 6) is -3.02. The Balaban J connectivity index is 2.09. The van der Waals surface area contributed by atoms with Crippen LogP contribution in [0.3, 0.4) is 0 Å². The molecule has 12 heteroatoms. The van der Waals surface area contributed by atoms with E-state index >= 15 is 0 Å². The Morgan fingerprint density at radius 2 is 1.58 bits per heavy atom. The highest BCUT2D eigenvalue weighted by Crippen LogP contribution is 2.12. The molecule has 8 N–H and O–H groups in total. The van der Waals surface area contributed by atoms with E-state index in [2.05, 4.69) is 25.9 Å². The Hall–Kier alpha value is -3.93. The zero-order chi connectivity index (χ0) is 26.8. The van der Waals surface area contributed by atoms with Crippen molar-refractivity contribution in [1.82, 2.24) is 25.9 Å². The molecule has 36 heavy (non-hydrogen) atoms. The largest absolute Gasteiger partial charge is 0.508 e. The first-order valence-corrected chi connectivity index (χ1v) is 11.6. The fraction of sp³-hybridized carbons (Fsp3) is 0.458. The van der Waals surface area contributed by atoms with Crippen LogP contribution in [0.2, 0.25) is 0 Å². The minimum atomic E-state index is -1.18. The van der Waals surface area contributed by atoms with Gasteiger partial charge in [-0.05, 0) is 37.0 Å². The molecule has 0 aliphatic heterocycles. The third-order valence-electron chi connectivity index (χ3n) is 5.41. The normalized spacial score (nSPS) is 14.4. The SMILES string of the molecule is CC(C)CC(NC(=O)C(Cc1ccc(O)cc1)NC(=O)C(C)NC(=O)C(N)Cc1cnc[nH]1)C(=O)O. The number of phenols is 1. The summed E-state index contributed by atoms with van der Waals surface area (Å²) in [6, 6.07) is 1.84. The number of hydrogen-bond acceptors (Lipinski definition) is 7. The van der Waals surface area contributed by atoms with E-state index in [1.807, 2.05) is 13.8 Å². The minimum absolute atomic E-state index is 0.0118. The summed E-state index contributed by atoms with van der Waals surface area (Å²) in [6.07, 6.45) is 3.44. The number of carbonyl (C=O) groups excluding carboxylic acids is 3. The van der Waals surface area contributed by atoms with Gasteiger partial charge in [-0.2, -0.15) is 0 Å². The predicted molar refractivity (Wildman–Crippen MR) is 131 cm³/mol. The molecule has 0 bridgehead atoms. The van der Waals surface area contributed by atoms with Gasteiger partial charge in [0.05, 0.1) is 12.4 Å². The van der Waals surface area contributed by atoms with Crippen LogP contribution in [0.1, 0.15) is 38.4 Å². The van der Waals surface area contributed by atoms with Gasteiger partial charge in [0, 0.05) is 24.7 Å². The number of benzene rings is 1. The lowest BCUT2D eigenvalue weighted by Gasteiger charge is -2.24. The molecule has 3 amide bonds. The van der Waals surface area contributed by atoms with Crippen LogP contribution in [0, 0.1) is 5.92 Å². The van der Waals surface area contributed by atoms with E-state index in [1.54, 1.807) is 18.3 Å². The molecule has 2 aromatic rings. The molecule has 0 aliphatic carbocycles. The Bertz CT molecular complexity index is 1020. The third kappa shape index (κ3) is 9.02. The molecule has 0 aliphatic rings. The number of carboxylic acids is 1. The molecule has 0 radical (unpaired) electrons. The fourth-order valence-electron chi connectivity index (χ4n) is 3.45. The second kappa shape index (κ2) is 13.2. The number of aromatic nitrogens is 2. The maximum Gasteiger partial charge on any atom is 0.326 e. The number of nitrogens with zero attached hydrogens (tertiary/aromatic N) is 1. The van der Waals surface area contributed by atoms with Crippen LogP contribution < -0.4 is 21.7 Å². The number of phenolic OH excluding ortho intramolecular Hbond substituents is 1. The summed E-state index contributed by atoms with van der Waals surface area (Å²) < 4.78 is 0. The second-order valence-corrected chi connectivity index (χ2v) is 9.08. The number of nitrogens with two attached hydrogens (primary N) is 1. The Morgan fingerprint density at radius 1 is 0.944 bits per heavy atom. The summed E-state index contributed by atoms with van der Waals surface area (Å²) in [4.78, 5) is 56.6. The average molecular weight is 503 g/mol. The van der Waals surface area contributed by atoms with Gasteiger partial charge in [-0.15, -0.1) is 0 Å². The predicted octanol–water partition coefficient (Wildman–Crippen LogP) is -0.167. The zero-order valence-corrected chi connectivity index (χ0v) is 20.5. The molecule has 4 unspecified atom stereocenters. The molecule has 1 aromatic carbocycles. The van der Waals surface area contributed by atoms with E-state index < -0.39 is 47.9 Å². The number of carboxylic acid groups (broad SMARTS) is 1. The number of aromatic hydroxyl groups is 1. The first-order chi connectivity index (χ1) is 17.0. The lowest BCUT2D eigenvalue weighted by Crippen LogP contribution is -2.57. The van der Waals surface area contributed by atoms with Crippen LogP contribution in [0.25, 0.3) is 0 Å². The van der Waals surface area contributed by atoms with Crippen LogP contribution in [-0.4, -0.2) is 68.0 Å². The summed E-state index contributed by atoms with van der Waals surface area (Å²) >= 11 is 0. The Kier molecular flexibility index (Phi) is 10.4. The maximum atomic E-state index is 13.0. The van der Waals surface area contributed by atoms with Crippen LogP contribution in [-0.2, 0) is 32.0 Å². The van der Waals surface area contributed by atoms with E-state index in [0.717, 1.165) is 0 Å². The van der Waals surface area contributed by atoms with Gasteiger partial charge >= 0.3 is 5.97 Å². The number of H-pyrrole nitrogens is 1. The van der Waals surface area contributed by atoms with Gasteiger partial charge in [0.1, 0.15) is 23.9 Å². The number of rotatable bonds is 13. The molecule has 0 spiro atoms. The maximum absolute atomic E-state index is 13.0. The molecule has 4 atom stereocenters. The summed E-state index contributed by atoms with van der Waals surface area (Å²) in [7, 11) is 0. The van der Waals surface area contributed by atoms with Gasteiger partial charge in [-0.1, -0.05) is 26.0 Å². The van der Waals surface area contributed by atoms with Gasteiger partial charge in [0.2, 0.25) is 17.7 Å². The monoisotopic (exact) mass is 502 g/mol. The van der Waals surface area contributed by atoms with Crippen LogP contribution in [0.4, 0.5) is 0 Å². The first-order valence-electron chi connectivity index (χ1n) is 11.6. The number of hydrogen-bond donors (Lipinski definition) is 7. The van der Waals surface area contributed by atoms with Crippen molar-refractivity contribution in [2.75, 3.05) is 0 Å². The molecule has 1 aromatic heterocycles. The summed E-state index contributed by atoms with van der Waals surface area (Å²) in [6.45, 7) is 5.11. The number of aromatic amines is 1. The molecule has 2 rings (SSSR count). The van der Waals surface area contributed by atoms with Crippen molar-refractivity contribution >= 4 is 23.7 Å². The van der Waals surface area contributed by atoms with Crippen molar-refractivity contribution in [3.8, 4) is 5.75 Å². The highest BCUT2D eigenvalue weighted by molar-refractivity contribution is 5.94. The lowest BCUT2D eigenvalue weighted by atomic mass is 10.0. The van der Waals surface area contributed by atoms with Gasteiger partial charge in [0.15, 0.2) is 0 Å². The van der Waals surface area contributed by atoms with Crippen LogP contribution in [0.15, 0.2) is 36.8 Å². The molecule has 0 saturated heterocycles. The van der Waals surface area contributed by atoms with E-state index in [0.29, 0.717) is 11.3 Å². The molecule has 1 heterocycles. The van der Waals surface area contributed by atoms with Crippen molar-refractivity contribution in [3.63, 3.8) is 0 Å². The van der Waals surface area contributed by atoms with Crippen molar-refractivity contribution in [1.29, 1.82) is 0 Å². The number of carbonyl (C=O) groups is 4. The lowest BCUT2D eigenvalue weighted by molar-refractivity contribution is -0.142. The van der Waals surface area contributed by atoms with E-state index in [1.165, 1.54) is 25.4 Å². The minimum Gasteiger partial charge on any atom is -0.508 e. The van der Waals surface area contributed by atoms with Crippen molar-refractivity contribution in [3.05, 3.63) is 48.0 Å². The first kappa shape index (κ1) is 28.3. The number of imidazole rings is 1. The highest BCUT2D eigenvalue weighted by atomic mass is 16.4. The smallest absolute Gasteiger partial charge is 0.326 e. The second-order valence-electron chi connectivity index (χ2n) is 9.08. The molecular formula is C24H34N6O6. The topological polar surface area (TPSA) is 200 Å². The number of aliphatic carboxylic acids is 1. The van der Waals surface area contributed by atoms with Gasteiger partial charge < -0.3 is 36.9 Å². The highest BCUT2D eigenvalue weighted by Gasteiger charge is 2.29. The van der Waals surface area contributed by atoms with Crippen LogP contribution in [0.5, 0.6) is 5.75 Å². The average Bonchev–Trinajstić information content (AvgIpc) is 3.32. The Labute approximate surface area is 209 Å². The number of amides is 3. The molecule has 196 valence electrons. The molecular weight excluding hydrogens is 468 g/mol. The Morgan fingerprint density at radius 3 is 2.14 bits per heavy atom. The van der Waals surface area contributed by atoms with Crippen molar-refractivity contribution < 1.29 is 29.4 Å². The van der Waals surface area contributed by atoms with E-state index in [4.69, 9.17) is 5.73 Å². The standard InChI is InChI=1S/C24H34N6O6/c1-13(2)8-20(24(35)36)30-23(34)19(9-15-4-6-17(31)7-5-15)29-21(32)14(3)28-22(33)18(25)10-16-11-26-12-27-16/h4-7,11-14,18-20,31H,8-10,25H2,1-3H3,(H,26,27)(H,28,33)(H,29,32)(H,30,34)(H,35,36). The molecule has 0 saturated carbocycles. The van der Waals surface area contributed by atoms with Gasteiger partial charge in [-0.3, -0.25) is 14.4 Å². The molecule has 0 fully saturated rings. The van der Waals surface area contributed by atoms with E-state index in [9.17, 15) is 29.4 Å². The number of nitrogens with one attached hydrogen (secondary N) is 4. The van der Waals surface area contributed by atoms with Crippen molar-refractivity contribution in [2.45, 2.75) is 64.2 Å². The fourth-order valence-corrected chi connectivity index (χ4v) is 3.45. The van der Waals surface area contributed by atoms with E-state index in [-0.39, 0.29) is 30.9 Å². The zero-order valence-electron chi connectivity index (χ0n) is 20.5. The quantitative estimate of drug-likeness (QED) is 0.196. The van der Waals surface area contributed by atoms with Gasteiger partial charge in [0.25, 0.3) is 0 Å². The summed E-state index contributed by atoms with van der Waals surface area (Å²) in [5.41, 5.74) is 7.20. The van der Waals surface area contributed by atoms with Gasteiger partial charge in [-0.25, -0.2) is 9.78 Å². The van der Waals surface area contributed by atoms with Crippen molar-refractivity contribution in [2.24, 2.45) is 11.7 Å². The third-order valence-corrected chi connectivity index (χ3v) is 5.41. The summed E-state index contributed by atoms with van der Waals surface area (Å²) in [5, 5.41) is 26.6. The molecule has 12 nitrogen and oxygen atoms in total.